The molecule has 0 saturated carbocycles. The van der Waals surface area contributed by atoms with Crippen LogP contribution in [0.3, 0.4) is 0 Å². The second kappa shape index (κ2) is 7.68. The van der Waals surface area contributed by atoms with Crippen molar-refractivity contribution in [3.05, 3.63) is 40.9 Å². The lowest BCUT2D eigenvalue weighted by Crippen LogP contribution is -2.36. The van der Waals surface area contributed by atoms with E-state index in [1.54, 1.807) is 30.4 Å². The standard InChI is InChI=1S/C17H23N3O2S/c1-11(2)20(8-12(3)21)9-15-10-23-17(19-15)14-6-4-13(5-7-14)16(18)22/h4-7,10-12,21H,8-9H2,1-3H3,(H2,18,22). The van der Waals surface area contributed by atoms with Crippen LogP contribution >= 0.6 is 11.3 Å². The number of carbonyl (C=O) groups is 1. The molecule has 0 bridgehead atoms. The SMILES string of the molecule is CC(O)CN(Cc1csc(-c2ccc(C(N)=O)cc2)n1)C(C)C. The van der Waals surface area contributed by atoms with Crippen molar-refractivity contribution < 1.29 is 9.90 Å². The van der Waals surface area contributed by atoms with E-state index >= 15 is 0 Å². The van der Waals surface area contributed by atoms with Gasteiger partial charge in [0.05, 0.1) is 11.8 Å². The zero-order valence-corrected chi connectivity index (χ0v) is 14.5. The minimum Gasteiger partial charge on any atom is -0.392 e. The van der Waals surface area contributed by atoms with Gasteiger partial charge in [0, 0.05) is 35.6 Å². The predicted octanol–water partition coefficient (Wildman–Crippen LogP) is 2.50. The number of amides is 1. The molecule has 23 heavy (non-hydrogen) atoms. The Kier molecular flexibility index (Phi) is 5.87. The highest BCUT2D eigenvalue weighted by Crippen LogP contribution is 2.25. The van der Waals surface area contributed by atoms with Gasteiger partial charge in [0.25, 0.3) is 0 Å². The Labute approximate surface area is 140 Å². The fourth-order valence-electron chi connectivity index (χ4n) is 2.29. The van der Waals surface area contributed by atoms with Crippen molar-refractivity contribution in [1.29, 1.82) is 0 Å². The summed E-state index contributed by atoms with van der Waals surface area (Å²) >= 11 is 1.57. The van der Waals surface area contributed by atoms with Gasteiger partial charge in [0.15, 0.2) is 0 Å². The molecule has 1 unspecified atom stereocenters. The lowest BCUT2D eigenvalue weighted by atomic mass is 10.1. The molecule has 3 N–H and O–H groups in total. The molecule has 0 aliphatic heterocycles. The van der Waals surface area contributed by atoms with E-state index in [1.807, 2.05) is 17.5 Å². The lowest BCUT2D eigenvalue weighted by Gasteiger charge is -2.26. The van der Waals surface area contributed by atoms with Gasteiger partial charge in [-0.1, -0.05) is 12.1 Å². The number of benzene rings is 1. The number of aliphatic hydroxyl groups is 1. The molecule has 0 aliphatic rings. The van der Waals surface area contributed by atoms with E-state index < -0.39 is 5.91 Å². The summed E-state index contributed by atoms with van der Waals surface area (Å²) in [4.78, 5) is 18.0. The summed E-state index contributed by atoms with van der Waals surface area (Å²) < 4.78 is 0. The van der Waals surface area contributed by atoms with Crippen LogP contribution in [0.25, 0.3) is 10.6 Å². The largest absolute Gasteiger partial charge is 0.392 e. The number of nitrogens with zero attached hydrogens (tertiary/aromatic N) is 2. The minimum atomic E-state index is -0.429. The molecule has 0 radical (unpaired) electrons. The number of hydrogen-bond donors (Lipinski definition) is 2. The van der Waals surface area contributed by atoms with Crippen molar-refractivity contribution in [2.75, 3.05) is 6.54 Å². The molecule has 1 heterocycles. The molecule has 124 valence electrons. The monoisotopic (exact) mass is 333 g/mol. The van der Waals surface area contributed by atoms with Crippen molar-refractivity contribution in [1.82, 2.24) is 9.88 Å². The van der Waals surface area contributed by atoms with E-state index in [0.29, 0.717) is 24.7 Å². The van der Waals surface area contributed by atoms with Gasteiger partial charge >= 0.3 is 0 Å². The number of aromatic nitrogens is 1. The van der Waals surface area contributed by atoms with Crippen LogP contribution in [0, 0.1) is 0 Å². The Bertz CT molecular complexity index is 650. The smallest absolute Gasteiger partial charge is 0.248 e. The van der Waals surface area contributed by atoms with E-state index in [2.05, 4.69) is 23.7 Å². The Morgan fingerprint density at radius 2 is 1.96 bits per heavy atom. The van der Waals surface area contributed by atoms with Gasteiger partial charge in [-0.25, -0.2) is 4.98 Å². The van der Waals surface area contributed by atoms with Crippen molar-refractivity contribution in [3.8, 4) is 10.6 Å². The average molecular weight is 333 g/mol. The Morgan fingerprint density at radius 1 is 1.30 bits per heavy atom. The van der Waals surface area contributed by atoms with Crippen LogP contribution in [0.2, 0.25) is 0 Å². The molecule has 0 saturated heterocycles. The minimum absolute atomic E-state index is 0.338. The summed E-state index contributed by atoms with van der Waals surface area (Å²) in [7, 11) is 0. The molecule has 6 heteroatoms. The van der Waals surface area contributed by atoms with Crippen LogP contribution in [0.5, 0.6) is 0 Å². The predicted molar refractivity (Wildman–Crippen MR) is 93.3 cm³/mol. The summed E-state index contributed by atoms with van der Waals surface area (Å²) in [6, 6.07) is 7.49. The number of aliphatic hydroxyl groups excluding tert-OH is 1. The van der Waals surface area contributed by atoms with Gasteiger partial charge in [-0.05, 0) is 32.9 Å². The third kappa shape index (κ3) is 4.86. The third-order valence-corrected chi connectivity index (χ3v) is 4.50. The molecule has 0 spiro atoms. The highest BCUT2D eigenvalue weighted by atomic mass is 32.1. The van der Waals surface area contributed by atoms with Gasteiger partial charge in [-0.15, -0.1) is 11.3 Å². The first-order chi connectivity index (χ1) is 10.9. The number of rotatable bonds is 7. The number of hydrogen-bond acceptors (Lipinski definition) is 5. The van der Waals surface area contributed by atoms with E-state index in [4.69, 9.17) is 5.73 Å². The number of carbonyl (C=O) groups excluding carboxylic acids is 1. The molecular formula is C17H23N3O2S. The van der Waals surface area contributed by atoms with Crippen molar-refractivity contribution >= 4 is 17.2 Å². The van der Waals surface area contributed by atoms with Gasteiger partial charge < -0.3 is 10.8 Å². The van der Waals surface area contributed by atoms with Crippen LogP contribution in [-0.4, -0.2) is 39.6 Å². The molecule has 0 fully saturated rings. The molecule has 1 amide bonds. The zero-order valence-electron chi connectivity index (χ0n) is 13.7. The third-order valence-electron chi connectivity index (χ3n) is 3.56. The van der Waals surface area contributed by atoms with E-state index in [-0.39, 0.29) is 6.10 Å². The van der Waals surface area contributed by atoms with E-state index in [0.717, 1.165) is 16.3 Å². The van der Waals surface area contributed by atoms with Gasteiger partial charge in [0.1, 0.15) is 5.01 Å². The van der Waals surface area contributed by atoms with Crippen LogP contribution in [-0.2, 0) is 6.54 Å². The summed E-state index contributed by atoms with van der Waals surface area (Å²) in [5, 5.41) is 12.6. The molecule has 5 nitrogen and oxygen atoms in total. The zero-order chi connectivity index (χ0) is 17.0. The second-order valence-electron chi connectivity index (χ2n) is 5.96. The molecule has 2 aromatic rings. The number of primary amides is 1. The summed E-state index contributed by atoms with van der Waals surface area (Å²) in [6.07, 6.45) is -0.364. The molecule has 1 aromatic carbocycles. The summed E-state index contributed by atoms with van der Waals surface area (Å²) in [5.74, 6) is -0.429. The number of thiazole rings is 1. The highest BCUT2D eigenvalue weighted by molar-refractivity contribution is 7.13. The molecule has 1 aromatic heterocycles. The summed E-state index contributed by atoms with van der Waals surface area (Å²) in [5.41, 5.74) is 7.70. The fourth-order valence-corrected chi connectivity index (χ4v) is 3.11. The van der Waals surface area contributed by atoms with Crippen LogP contribution < -0.4 is 5.73 Å². The van der Waals surface area contributed by atoms with Crippen molar-refractivity contribution in [2.45, 2.75) is 39.5 Å². The Morgan fingerprint density at radius 3 is 2.48 bits per heavy atom. The second-order valence-corrected chi connectivity index (χ2v) is 6.82. The first kappa shape index (κ1) is 17.6. The summed E-state index contributed by atoms with van der Waals surface area (Å²) in [6.45, 7) is 7.34. The van der Waals surface area contributed by atoms with Gasteiger partial charge in [0.2, 0.25) is 5.91 Å². The fraction of sp³-hybridized carbons (Fsp3) is 0.412. The van der Waals surface area contributed by atoms with E-state index in [9.17, 15) is 9.90 Å². The quantitative estimate of drug-likeness (QED) is 0.816. The van der Waals surface area contributed by atoms with Crippen LogP contribution in [0.1, 0.15) is 36.8 Å². The maximum absolute atomic E-state index is 11.1. The first-order valence-electron chi connectivity index (χ1n) is 7.63. The molecule has 1 atom stereocenters. The van der Waals surface area contributed by atoms with Crippen molar-refractivity contribution in [2.24, 2.45) is 5.73 Å². The highest BCUT2D eigenvalue weighted by Gasteiger charge is 2.15. The first-order valence-corrected chi connectivity index (χ1v) is 8.51. The normalized spacial score (nSPS) is 12.8. The van der Waals surface area contributed by atoms with Crippen LogP contribution in [0.4, 0.5) is 0 Å². The maximum atomic E-state index is 11.1. The Hall–Kier alpha value is -1.76. The Balaban J connectivity index is 2.11. The van der Waals surface area contributed by atoms with Gasteiger partial charge in [-0.3, -0.25) is 9.69 Å². The topological polar surface area (TPSA) is 79.5 Å². The maximum Gasteiger partial charge on any atom is 0.248 e. The molecular weight excluding hydrogens is 310 g/mol. The van der Waals surface area contributed by atoms with E-state index in [1.165, 1.54) is 0 Å². The number of nitrogens with two attached hydrogens (primary N) is 1. The van der Waals surface area contributed by atoms with Gasteiger partial charge in [-0.2, -0.15) is 0 Å². The lowest BCUT2D eigenvalue weighted by molar-refractivity contribution is 0.0999. The molecule has 2 rings (SSSR count). The van der Waals surface area contributed by atoms with Crippen molar-refractivity contribution in [3.63, 3.8) is 0 Å². The van der Waals surface area contributed by atoms with Crippen LogP contribution in [0.15, 0.2) is 29.6 Å². The molecule has 0 aliphatic carbocycles. The average Bonchev–Trinajstić information content (AvgIpc) is 2.94.